The highest BCUT2D eigenvalue weighted by molar-refractivity contribution is 7.89. The summed E-state index contributed by atoms with van der Waals surface area (Å²) in [4.78, 5) is 28.7. The van der Waals surface area contributed by atoms with Crippen LogP contribution in [0.1, 0.15) is 43.0 Å². The third-order valence-corrected chi connectivity index (χ3v) is 8.05. The normalized spacial score (nSPS) is 22.1. The first-order chi connectivity index (χ1) is 13.7. The molecule has 1 aromatic rings. The summed E-state index contributed by atoms with van der Waals surface area (Å²) in [5.41, 5.74) is 0.491. The fourth-order valence-electron chi connectivity index (χ4n) is 4.19. The van der Waals surface area contributed by atoms with Crippen molar-refractivity contribution in [2.24, 2.45) is 5.92 Å². The van der Waals surface area contributed by atoms with Crippen molar-refractivity contribution in [2.75, 3.05) is 40.3 Å². The van der Waals surface area contributed by atoms with E-state index in [1.165, 1.54) is 23.4 Å². The number of ketones is 1. The van der Waals surface area contributed by atoms with Crippen molar-refractivity contribution in [2.45, 2.75) is 43.5 Å². The van der Waals surface area contributed by atoms with E-state index < -0.39 is 10.0 Å². The Hall–Kier alpha value is -1.77. The molecule has 29 heavy (non-hydrogen) atoms. The number of likely N-dealkylation sites (tertiary alicyclic amines) is 1. The van der Waals surface area contributed by atoms with E-state index in [-0.39, 0.29) is 22.5 Å². The number of carbonyl (C=O) groups is 2. The number of hydrogen-bond donors (Lipinski definition) is 0. The van der Waals surface area contributed by atoms with Crippen molar-refractivity contribution in [1.29, 1.82) is 0 Å². The van der Waals surface area contributed by atoms with Gasteiger partial charge in [0.1, 0.15) is 0 Å². The molecule has 0 N–H and O–H groups in total. The van der Waals surface area contributed by atoms with Crippen LogP contribution >= 0.6 is 0 Å². The quantitative estimate of drug-likeness (QED) is 0.678. The van der Waals surface area contributed by atoms with Crippen LogP contribution in [0.3, 0.4) is 0 Å². The Balaban J connectivity index is 1.60. The van der Waals surface area contributed by atoms with Crippen LogP contribution < -0.4 is 0 Å². The van der Waals surface area contributed by atoms with Gasteiger partial charge in [0, 0.05) is 43.7 Å². The van der Waals surface area contributed by atoms with Crippen LogP contribution in [0.2, 0.25) is 0 Å². The molecule has 160 valence electrons. The Labute approximate surface area is 173 Å². The number of amides is 1. The Kier molecular flexibility index (Phi) is 6.76. The summed E-state index contributed by atoms with van der Waals surface area (Å²) in [7, 11) is 0.485. The minimum absolute atomic E-state index is 0.0949. The maximum atomic E-state index is 13.0. The standard InChI is InChI=1S/C21H31N3O4S/c1-16(25)17-6-8-20(9-7-17)29(27,28)24-13-10-18(11-14-24)21(26)23-12-4-5-19(15-23)22(2)3/h6-9,18-19H,4-5,10-15H2,1-3H3. The average Bonchev–Trinajstić information content (AvgIpc) is 2.73. The Morgan fingerprint density at radius 2 is 1.62 bits per heavy atom. The summed E-state index contributed by atoms with van der Waals surface area (Å²) in [6.07, 6.45) is 3.22. The molecule has 2 heterocycles. The number of Topliss-reactive ketones (excluding diaryl/α,β-unsaturated/α-hetero) is 1. The van der Waals surface area contributed by atoms with E-state index in [2.05, 4.69) is 4.90 Å². The predicted molar refractivity (Wildman–Crippen MR) is 111 cm³/mol. The average molecular weight is 422 g/mol. The molecule has 1 amide bonds. The molecule has 3 rings (SSSR count). The summed E-state index contributed by atoms with van der Waals surface area (Å²) in [5.74, 6) is -0.0376. The van der Waals surface area contributed by atoms with E-state index in [4.69, 9.17) is 0 Å². The molecule has 2 aliphatic rings. The van der Waals surface area contributed by atoms with Gasteiger partial charge < -0.3 is 9.80 Å². The molecule has 2 aliphatic heterocycles. The molecule has 0 saturated carbocycles. The number of likely N-dealkylation sites (N-methyl/N-ethyl adjacent to an activating group) is 1. The molecule has 2 saturated heterocycles. The fraction of sp³-hybridized carbons (Fsp3) is 0.619. The topological polar surface area (TPSA) is 78.0 Å². The van der Waals surface area contributed by atoms with E-state index in [1.807, 2.05) is 19.0 Å². The van der Waals surface area contributed by atoms with E-state index in [0.717, 1.165) is 25.9 Å². The van der Waals surface area contributed by atoms with Gasteiger partial charge in [0.25, 0.3) is 0 Å². The highest BCUT2D eigenvalue weighted by Crippen LogP contribution is 2.26. The molecule has 0 radical (unpaired) electrons. The molecule has 8 heteroatoms. The van der Waals surface area contributed by atoms with Gasteiger partial charge in [-0.05, 0) is 58.8 Å². The van der Waals surface area contributed by atoms with Crippen molar-refractivity contribution in [3.63, 3.8) is 0 Å². The lowest BCUT2D eigenvalue weighted by molar-refractivity contribution is -0.138. The highest BCUT2D eigenvalue weighted by Gasteiger charge is 2.35. The molecule has 7 nitrogen and oxygen atoms in total. The lowest BCUT2D eigenvalue weighted by Crippen LogP contribution is -2.51. The van der Waals surface area contributed by atoms with Crippen LogP contribution in [0.5, 0.6) is 0 Å². The zero-order valence-corrected chi connectivity index (χ0v) is 18.3. The number of hydrogen-bond acceptors (Lipinski definition) is 5. The molecule has 0 spiro atoms. The van der Waals surface area contributed by atoms with Gasteiger partial charge in [-0.15, -0.1) is 0 Å². The zero-order valence-electron chi connectivity index (χ0n) is 17.5. The van der Waals surface area contributed by atoms with Gasteiger partial charge >= 0.3 is 0 Å². The Morgan fingerprint density at radius 1 is 1.00 bits per heavy atom. The first-order valence-electron chi connectivity index (χ1n) is 10.3. The summed E-state index contributed by atoms with van der Waals surface area (Å²) in [5, 5.41) is 0. The maximum Gasteiger partial charge on any atom is 0.243 e. The Bertz CT molecular complexity index is 843. The van der Waals surface area contributed by atoms with E-state index in [0.29, 0.717) is 37.5 Å². The number of nitrogens with zero attached hydrogens (tertiary/aromatic N) is 3. The van der Waals surface area contributed by atoms with Crippen molar-refractivity contribution in [3.05, 3.63) is 29.8 Å². The number of benzene rings is 1. The van der Waals surface area contributed by atoms with E-state index in [9.17, 15) is 18.0 Å². The van der Waals surface area contributed by atoms with Crippen LogP contribution in [0.25, 0.3) is 0 Å². The summed E-state index contributed by atoms with van der Waals surface area (Å²) in [6.45, 7) is 3.70. The zero-order chi connectivity index (χ0) is 21.2. The van der Waals surface area contributed by atoms with Crippen LogP contribution in [0.15, 0.2) is 29.2 Å². The van der Waals surface area contributed by atoms with Crippen LogP contribution in [0, 0.1) is 5.92 Å². The molecule has 0 aliphatic carbocycles. The van der Waals surface area contributed by atoms with Gasteiger partial charge in [-0.2, -0.15) is 4.31 Å². The molecule has 1 aromatic carbocycles. The van der Waals surface area contributed by atoms with Gasteiger partial charge in [0.2, 0.25) is 15.9 Å². The SMILES string of the molecule is CC(=O)c1ccc(S(=O)(=O)N2CCC(C(=O)N3CCCC(N(C)C)C3)CC2)cc1. The number of carbonyl (C=O) groups excluding carboxylic acids is 2. The van der Waals surface area contributed by atoms with Crippen LogP contribution in [-0.4, -0.2) is 80.5 Å². The van der Waals surface area contributed by atoms with E-state index in [1.54, 1.807) is 12.1 Å². The second-order valence-electron chi connectivity index (χ2n) is 8.30. The Morgan fingerprint density at radius 3 is 2.17 bits per heavy atom. The molecule has 0 aromatic heterocycles. The highest BCUT2D eigenvalue weighted by atomic mass is 32.2. The largest absolute Gasteiger partial charge is 0.341 e. The predicted octanol–water partition coefficient (Wildman–Crippen LogP) is 1.84. The minimum Gasteiger partial charge on any atom is -0.341 e. The monoisotopic (exact) mass is 421 g/mol. The summed E-state index contributed by atoms with van der Waals surface area (Å²) in [6, 6.07) is 6.45. The van der Waals surface area contributed by atoms with Crippen LogP contribution in [0.4, 0.5) is 0 Å². The lowest BCUT2D eigenvalue weighted by Gasteiger charge is -2.39. The molecule has 2 fully saturated rings. The molecule has 0 bridgehead atoms. The third-order valence-electron chi connectivity index (χ3n) is 6.14. The summed E-state index contributed by atoms with van der Waals surface area (Å²) < 4.78 is 27.3. The fourth-order valence-corrected chi connectivity index (χ4v) is 5.66. The van der Waals surface area contributed by atoms with Gasteiger partial charge in [-0.3, -0.25) is 9.59 Å². The minimum atomic E-state index is -3.61. The molecular formula is C21H31N3O4S. The smallest absolute Gasteiger partial charge is 0.243 e. The first kappa shape index (κ1) is 21.9. The molecule has 1 atom stereocenters. The molecule has 1 unspecified atom stereocenters. The maximum absolute atomic E-state index is 13.0. The van der Waals surface area contributed by atoms with Gasteiger partial charge in [-0.25, -0.2) is 8.42 Å². The summed E-state index contributed by atoms with van der Waals surface area (Å²) >= 11 is 0. The van der Waals surface area contributed by atoms with Gasteiger partial charge in [0.05, 0.1) is 4.90 Å². The van der Waals surface area contributed by atoms with Crippen LogP contribution in [-0.2, 0) is 14.8 Å². The second-order valence-corrected chi connectivity index (χ2v) is 10.2. The first-order valence-corrected chi connectivity index (χ1v) is 11.7. The van der Waals surface area contributed by atoms with Gasteiger partial charge in [-0.1, -0.05) is 12.1 Å². The van der Waals surface area contributed by atoms with E-state index >= 15 is 0 Å². The number of rotatable bonds is 5. The van der Waals surface area contributed by atoms with Gasteiger partial charge in [0.15, 0.2) is 5.78 Å². The van der Waals surface area contributed by atoms with Crippen molar-refractivity contribution >= 4 is 21.7 Å². The molecular weight excluding hydrogens is 390 g/mol. The van der Waals surface area contributed by atoms with Crippen molar-refractivity contribution in [3.8, 4) is 0 Å². The lowest BCUT2D eigenvalue weighted by atomic mass is 9.94. The second kappa shape index (κ2) is 8.93. The van der Waals surface area contributed by atoms with Crippen molar-refractivity contribution in [1.82, 2.24) is 14.1 Å². The van der Waals surface area contributed by atoms with Crippen molar-refractivity contribution < 1.29 is 18.0 Å². The number of sulfonamides is 1. The number of piperidine rings is 2. The third kappa shape index (κ3) is 4.87.